The Morgan fingerprint density at radius 1 is 1.35 bits per heavy atom. The van der Waals surface area contributed by atoms with Gasteiger partial charge in [-0.05, 0) is 34.5 Å². The molecule has 1 heterocycles. The van der Waals surface area contributed by atoms with E-state index < -0.39 is 0 Å². The lowest BCUT2D eigenvalue weighted by molar-refractivity contribution is 0.0496. The molecule has 0 saturated carbocycles. The number of unbranched alkanes of at least 4 members (excludes halogenated alkanes) is 4. The molecule has 0 saturated heterocycles. The third kappa shape index (κ3) is 5.31. The number of hydrogen-bond donors (Lipinski definition) is 0. The van der Waals surface area contributed by atoms with Crippen molar-refractivity contribution < 1.29 is 9.53 Å². The van der Waals surface area contributed by atoms with E-state index >= 15 is 0 Å². The summed E-state index contributed by atoms with van der Waals surface area (Å²) in [5.74, 6) is -0.305. The Kier molecular flexibility index (Phi) is 6.86. The van der Waals surface area contributed by atoms with Gasteiger partial charge in [0.15, 0.2) is 0 Å². The normalized spacial score (nSPS) is 10.2. The van der Waals surface area contributed by atoms with Crippen LogP contribution in [0.5, 0.6) is 0 Å². The molecule has 0 unspecified atom stereocenters. The Hall–Kier alpha value is -0.900. The average Bonchev–Trinajstić information content (AvgIpc) is 2.34. The van der Waals surface area contributed by atoms with Crippen molar-refractivity contribution in [1.82, 2.24) is 4.98 Å². The zero-order valence-electron chi connectivity index (χ0n) is 10.1. The van der Waals surface area contributed by atoms with Crippen molar-refractivity contribution >= 4 is 21.9 Å². The molecular formula is C13H18BrNO2. The molecule has 0 N–H and O–H groups in total. The van der Waals surface area contributed by atoms with Gasteiger partial charge in [-0.15, -0.1) is 0 Å². The van der Waals surface area contributed by atoms with E-state index in [4.69, 9.17) is 4.74 Å². The van der Waals surface area contributed by atoms with Crippen LogP contribution in [0.2, 0.25) is 0 Å². The largest absolute Gasteiger partial charge is 0.462 e. The van der Waals surface area contributed by atoms with Gasteiger partial charge in [-0.25, -0.2) is 9.78 Å². The third-order valence-corrected chi connectivity index (χ3v) is 3.09. The van der Waals surface area contributed by atoms with Crippen LogP contribution in [0.15, 0.2) is 22.9 Å². The number of aromatic nitrogens is 1. The van der Waals surface area contributed by atoms with Crippen LogP contribution in [0.1, 0.15) is 49.4 Å². The van der Waals surface area contributed by atoms with Crippen LogP contribution in [-0.2, 0) is 4.74 Å². The van der Waals surface area contributed by atoms with Gasteiger partial charge in [0.1, 0.15) is 4.60 Å². The van der Waals surface area contributed by atoms with Gasteiger partial charge in [-0.3, -0.25) is 0 Å². The first kappa shape index (κ1) is 14.2. The molecule has 0 atom stereocenters. The van der Waals surface area contributed by atoms with Crippen LogP contribution in [0.3, 0.4) is 0 Å². The molecule has 1 aromatic rings. The first-order chi connectivity index (χ1) is 8.25. The van der Waals surface area contributed by atoms with Gasteiger partial charge in [0, 0.05) is 6.20 Å². The van der Waals surface area contributed by atoms with Crippen LogP contribution in [0.4, 0.5) is 0 Å². The average molecular weight is 300 g/mol. The zero-order chi connectivity index (χ0) is 12.5. The van der Waals surface area contributed by atoms with Crippen molar-refractivity contribution in [3.05, 3.63) is 28.5 Å². The monoisotopic (exact) mass is 299 g/mol. The van der Waals surface area contributed by atoms with Crippen molar-refractivity contribution in [1.29, 1.82) is 0 Å². The number of nitrogens with zero attached hydrogens (tertiary/aromatic N) is 1. The summed E-state index contributed by atoms with van der Waals surface area (Å²) in [6.45, 7) is 2.67. The second kappa shape index (κ2) is 8.23. The number of esters is 1. The van der Waals surface area contributed by atoms with Gasteiger partial charge < -0.3 is 4.74 Å². The summed E-state index contributed by atoms with van der Waals surface area (Å²) in [6, 6.07) is 3.43. The maximum absolute atomic E-state index is 11.7. The van der Waals surface area contributed by atoms with Crippen LogP contribution >= 0.6 is 15.9 Å². The van der Waals surface area contributed by atoms with Crippen molar-refractivity contribution in [2.75, 3.05) is 6.61 Å². The Bertz CT molecular complexity index is 355. The highest BCUT2D eigenvalue weighted by Crippen LogP contribution is 2.14. The van der Waals surface area contributed by atoms with Gasteiger partial charge in [0.25, 0.3) is 0 Å². The number of hydrogen-bond acceptors (Lipinski definition) is 3. The van der Waals surface area contributed by atoms with Crippen LogP contribution in [0.25, 0.3) is 0 Å². The molecule has 0 aliphatic heterocycles. The van der Waals surface area contributed by atoms with E-state index in [-0.39, 0.29) is 5.97 Å². The molecule has 0 fully saturated rings. The summed E-state index contributed by atoms with van der Waals surface area (Å²) >= 11 is 3.23. The molecule has 0 aromatic carbocycles. The van der Waals surface area contributed by atoms with Gasteiger partial charge in [0.05, 0.1) is 12.2 Å². The van der Waals surface area contributed by atoms with Crippen molar-refractivity contribution in [3.8, 4) is 0 Å². The molecular weight excluding hydrogens is 282 g/mol. The molecule has 0 amide bonds. The summed E-state index contributed by atoms with van der Waals surface area (Å²) in [5, 5.41) is 0. The Balaban J connectivity index is 2.24. The molecule has 0 aliphatic rings. The van der Waals surface area contributed by atoms with Crippen molar-refractivity contribution in [2.45, 2.75) is 39.0 Å². The van der Waals surface area contributed by atoms with E-state index in [9.17, 15) is 4.79 Å². The summed E-state index contributed by atoms with van der Waals surface area (Å²) in [4.78, 5) is 15.6. The Morgan fingerprint density at radius 2 is 2.12 bits per heavy atom. The summed E-state index contributed by atoms with van der Waals surface area (Å²) in [5.41, 5.74) is 0.487. The minimum absolute atomic E-state index is 0.305. The molecule has 4 heteroatoms. The van der Waals surface area contributed by atoms with Gasteiger partial charge in [0.2, 0.25) is 0 Å². The highest BCUT2D eigenvalue weighted by Gasteiger charge is 2.10. The molecule has 0 radical (unpaired) electrons. The fourth-order valence-corrected chi connectivity index (χ4v) is 1.90. The third-order valence-electron chi connectivity index (χ3n) is 2.46. The van der Waals surface area contributed by atoms with E-state index in [1.165, 1.54) is 19.3 Å². The number of ether oxygens (including phenoxy) is 1. The van der Waals surface area contributed by atoms with Crippen LogP contribution in [0, 0.1) is 0 Å². The van der Waals surface area contributed by atoms with Gasteiger partial charge in [-0.1, -0.05) is 32.6 Å². The summed E-state index contributed by atoms with van der Waals surface area (Å²) in [7, 11) is 0. The highest BCUT2D eigenvalue weighted by atomic mass is 79.9. The SMILES string of the molecule is CCCCCCCOC(=O)c1cccnc1Br. The molecule has 17 heavy (non-hydrogen) atoms. The van der Waals surface area contributed by atoms with Crippen LogP contribution < -0.4 is 0 Å². The molecule has 3 nitrogen and oxygen atoms in total. The topological polar surface area (TPSA) is 39.2 Å². The fraction of sp³-hybridized carbons (Fsp3) is 0.538. The van der Waals surface area contributed by atoms with E-state index in [1.54, 1.807) is 18.3 Å². The van der Waals surface area contributed by atoms with Crippen molar-refractivity contribution in [2.24, 2.45) is 0 Å². The second-order valence-electron chi connectivity index (χ2n) is 3.89. The standard InChI is InChI=1S/C13H18BrNO2/c1-2-3-4-5-6-10-17-13(16)11-8-7-9-15-12(11)14/h7-9H,2-6,10H2,1H3. The molecule has 1 aromatic heterocycles. The van der Waals surface area contributed by atoms with E-state index in [0.29, 0.717) is 16.8 Å². The molecule has 0 bridgehead atoms. The maximum atomic E-state index is 11.7. The number of pyridine rings is 1. The predicted molar refractivity (Wildman–Crippen MR) is 71.0 cm³/mol. The number of carbonyl (C=O) groups excluding carboxylic acids is 1. The van der Waals surface area contributed by atoms with E-state index in [0.717, 1.165) is 12.8 Å². The summed E-state index contributed by atoms with van der Waals surface area (Å²) < 4.78 is 5.72. The van der Waals surface area contributed by atoms with E-state index in [2.05, 4.69) is 27.8 Å². The maximum Gasteiger partial charge on any atom is 0.340 e. The quantitative estimate of drug-likeness (QED) is 0.434. The number of halogens is 1. The molecule has 1 rings (SSSR count). The van der Waals surface area contributed by atoms with Crippen molar-refractivity contribution in [3.63, 3.8) is 0 Å². The molecule has 0 aliphatic carbocycles. The lowest BCUT2D eigenvalue weighted by Crippen LogP contribution is -2.07. The lowest BCUT2D eigenvalue weighted by Gasteiger charge is -2.05. The fourth-order valence-electron chi connectivity index (χ4n) is 1.49. The minimum Gasteiger partial charge on any atom is -0.462 e. The minimum atomic E-state index is -0.305. The first-order valence-electron chi connectivity index (χ1n) is 6.03. The highest BCUT2D eigenvalue weighted by molar-refractivity contribution is 9.10. The number of carbonyl (C=O) groups is 1. The first-order valence-corrected chi connectivity index (χ1v) is 6.82. The van der Waals surface area contributed by atoms with Gasteiger partial charge >= 0.3 is 5.97 Å². The Labute approximate surface area is 111 Å². The summed E-state index contributed by atoms with van der Waals surface area (Å²) in [6.07, 6.45) is 7.37. The second-order valence-corrected chi connectivity index (χ2v) is 4.64. The molecule has 94 valence electrons. The predicted octanol–water partition coefficient (Wildman–Crippen LogP) is 3.97. The zero-order valence-corrected chi connectivity index (χ0v) is 11.7. The lowest BCUT2D eigenvalue weighted by atomic mass is 10.2. The van der Waals surface area contributed by atoms with E-state index in [1.807, 2.05) is 0 Å². The Morgan fingerprint density at radius 3 is 2.82 bits per heavy atom. The smallest absolute Gasteiger partial charge is 0.340 e. The number of rotatable bonds is 7. The van der Waals surface area contributed by atoms with Gasteiger partial charge in [-0.2, -0.15) is 0 Å². The van der Waals surface area contributed by atoms with Crippen LogP contribution in [-0.4, -0.2) is 17.6 Å². The molecule has 0 spiro atoms.